The molecule has 1 heterocycles. The lowest BCUT2D eigenvalue weighted by Gasteiger charge is -2.49. The fourth-order valence-corrected chi connectivity index (χ4v) is 6.17. The fraction of sp³-hybridized carbons (Fsp3) is 1.00. The van der Waals surface area contributed by atoms with E-state index in [0.29, 0.717) is 0 Å². The molecule has 7 unspecified atom stereocenters. The highest BCUT2D eigenvalue weighted by Crippen LogP contribution is 2.71. The molecular formula is C17H29N. The first-order chi connectivity index (χ1) is 8.58. The monoisotopic (exact) mass is 247 g/mol. The number of likely N-dealkylation sites (tertiary alicyclic amines) is 1. The minimum absolute atomic E-state index is 0.743. The highest BCUT2D eigenvalue weighted by molar-refractivity contribution is 5.15. The normalized spacial score (nSPS) is 54.0. The van der Waals surface area contributed by atoms with E-state index in [1.807, 2.05) is 0 Å². The van der Waals surface area contributed by atoms with Crippen LogP contribution < -0.4 is 0 Å². The molecule has 1 aliphatic heterocycles. The van der Waals surface area contributed by atoms with Crippen molar-refractivity contribution in [3.05, 3.63) is 0 Å². The molecule has 0 aromatic rings. The minimum atomic E-state index is 0.743. The second-order valence-electron chi connectivity index (χ2n) is 8.29. The molecule has 3 aliphatic carbocycles. The molecule has 0 radical (unpaired) electrons. The highest BCUT2D eigenvalue weighted by atomic mass is 15.2. The van der Waals surface area contributed by atoms with Crippen LogP contribution in [0, 0.1) is 41.4 Å². The van der Waals surface area contributed by atoms with E-state index < -0.39 is 0 Å². The quantitative estimate of drug-likeness (QED) is 0.720. The van der Waals surface area contributed by atoms with Gasteiger partial charge in [0.2, 0.25) is 0 Å². The molecule has 4 rings (SSSR count). The first-order valence-electron chi connectivity index (χ1n) is 8.33. The third-order valence-electron chi connectivity index (χ3n) is 6.98. The average molecular weight is 247 g/mol. The van der Waals surface area contributed by atoms with Crippen molar-refractivity contribution in [3.63, 3.8) is 0 Å². The summed E-state index contributed by atoms with van der Waals surface area (Å²) in [6, 6.07) is 1.61. The van der Waals surface area contributed by atoms with Gasteiger partial charge in [-0.05, 0) is 74.5 Å². The molecule has 102 valence electrons. The summed E-state index contributed by atoms with van der Waals surface area (Å²) in [5.74, 6) is 7.69. The molecule has 7 atom stereocenters. The smallest absolute Gasteiger partial charge is 0.0124 e. The fourth-order valence-electron chi connectivity index (χ4n) is 6.17. The molecule has 4 aliphatic rings. The summed E-state index contributed by atoms with van der Waals surface area (Å²) >= 11 is 0. The zero-order valence-corrected chi connectivity index (χ0v) is 12.5. The van der Waals surface area contributed by atoms with Gasteiger partial charge in [0.05, 0.1) is 0 Å². The van der Waals surface area contributed by atoms with Gasteiger partial charge in [0.15, 0.2) is 0 Å². The Labute approximate surface area is 112 Å². The van der Waals surface area contributed by atoms with Crippen molar-refractivity contribution in [1.29, 1.82) is 0 Å². The van der Waals surface area contributed by atoms with Gasteiger partial charge in [-0.25, -0.2) is 0 Å². The molecule has 4 fully saturated rings. The van der Waals surface area contributed by atoms with Crippen molar-refractivity contribution in [2.45, 2.75) is 59.0 Å². The van der Waals surface area contributed by atoms with Gasteiger partial charge in [-0.1, -0.05) is 13.8 Å². The van der Waals surface area contributed by atoms with Crippen LogP contribution in [-0.4, -0.2) is 23.5 Å². The Hall–Kier alpha value is -0.0400. The van der Waals surface area contributed by atoms with Gasteiger partial charge in [-0.2, -0.15) is 0 Å². The number of hydrogen-bond acceptors (Lipinski definition) is 1. The Morgan fingerprint density at radius 2 is 1.22 bits per heavy atom. The van der Waals surface area contributed by atoms with E-state index in [1.165, 1.54) is 24.8 Å². The first kappa shape index (κ1) is 11.8. The largest absolute Gasteiger partial charge is 0.297 e. The van der Waals surface area contributed by atoms with E-state index in [0.717, 1.165) is 41.7 Å². The molecule has 0 aromatic carbocycles. The average Bonchev–Trinajstić information content (AvgIpc) is 2.94. The van der Waals surface area contributed by atoms with Gasteiger partial charge in [0, 0.05) is 18.6 Å². The molecule has 1 heteroatoms. The van der Waals surface area contributed by atoms with Gasteiger partial charge >= 0.3 is 0 Å². The third-order valence-corrected chi connectivity index (χ3v) is 6.98. The zero-order chi connectivity index (χ0) is 12.6. The first-order valence-corrected chi connectivity index (χ1v) is 8.33. The van der Waals surface area contributed by atoms with Crippen LogP contribution >= 0.6 is 0 Å². The number of piperidine rings is 1. The van der Waals surface area contributed by atoms with Gasteiger partial charge < -0.3 is 0 Å². The van der Waals surface area contributed by atoms with Crippen LogP contribution in [0.3, 0.4) is 0 Å². The Balaban J connectivity index is 1.59. The Morgan fingerprint density at radius 1 is 0.722 bits per heavy atom. The van der Waals surface area contributed by atoms with Crippen molar-refractivity contribution in [3.8, 4) is 0 Å². The summed E-state index contributed by atoms with van der Waals surface area (Å²) in [6.07, 6.45) is 4.74. The molecule has 1 saturated heterocycles. The number of nitrogens with zero attached hydrogens (tertiary/aromatic N) is 1. The van der Waals surface area contributed by atoms with Crippen molar-refractivity contribution in [2.24, 2.45) is 41.4 Å². The lowest BCUT2D eigenvalue weighted by Crippen LogP contribution is -2.53. The Kier molecular flexibility index (Phi) is 2.45. The van der Waals surface area contributed by atoms with Gasteiger partial charge in [-0.3, -0.25) is 4.90 Å². The second-order valence-corrected chi connectivity index (χ2v) is 8.29. The summed E-state index contributed by atoms with van der Waals surface area (Å²) in [6.45, 7) is 11.1. The summed E-state index contributed by atoms with van der Waals surface area (Å²) in [7, 11) is 0. The van der Waals surface area contributed by atoms with Gasteiger partial charge in [-0.15, -0.1) is 0 Å². The molecule has 2 bridgehead atoms. The molecule has 3 saturated carbocycles. The van der Waals surface area contributed by atoms with E-state index in [9.17, 15) is 0 Å². The predicted molar refractivity (Wildman–Crippen MR) is 75.3 cm³/mol. The van der Waals surface area contributed by atoms with Crippen LogP contribution in [0.5, 0.6) is 0 Å². The topological polar surface area (TPSA) is 3.24 Å². The van der Waals surface area contributed by atoms with Crippen LogP contribution in [0.4, 0.5) is 0 Å². The van der Waals surface area contributed by atoms with Crippen molar-refractivity contribution >= 4 is 0 Å². The molecule has 0 N–H and O–H groups in total. The van der Waals surface area contributed by atoms with Crippen LogP contribution in [0.25, 0.3) is 0 Å². The molecule has 18 heavy (non-hydrogen) atoms. The Bertz CT molecular complexity index is 312. The van der Waals surface area contributed by atoms with Crippen molar-refractivity contribution < 1.29 is 0 Å². The second kappa shape index (κ2) is 3.75. The van der Waals surface area contributed by atoms with Crippen LogP contribution in [0.15, 0.2) is 0 Å². The number of hydrogen-bond donors (Lipinski definition) is 0. The number of fused-ring (bicyclic) bond motifs is 8. The van der Waals surface area contributed by atoms with E-state index >= 15 is 0 Å². The lowest BCUT2D eigenvalue weighted by atomic mass is 9.71. The highest BCUT2D eigenvalue weighted by Gasteiger charge is 2.66. The van der Waals surface area contributed by atoms with E-state index in [1.54, 1.807) is 12.8 Å². The summed E-state index contributed by atoms with van der Waals surface area (Å²) in [4.78, 5) is 2.85. The third kappa shape index (κ3) is 1.43. The van der Waals surface area contributed by atoms with E-state index in [2.05, 4.69) is 32.6 Å². The maximum Gasteiger partial charge on any atom is 0.0124 e. The predicted octanol–water partition coefficient (Wildman–Crippen LogP) is 3.64. The van der Waals surface area contributed by atoms with Crippen LogP contribution in [0.2, 0.25) is 0 Å². The van der Waals surface area contributed by atoms with E-state index in [4.69, 9.17) is 0 Å². The SMILES string of the molecule is CC(C)C1CC2C3CC(C4CC43)C2CN1C(C)C. The summed E-state index contributed by atoms with van der Waals surface area (Å²) in [5, 5.41) is 0. The summed E-state index contributed by atoms with van der Waals surface area (Å²) < 4.78 is 0. The number of rotatable bonds is 2. The van der Waals surface area contributed by atoms with Gasteiger partial charge in [0.1, 0.15) is 0 Å². The van der Waals surface area contributed by atoms with Crippen molar-refractivity contribution in [1.82, 2.24) is 4.90 Å². The van der Waals surface area contributed by atoms with Crippen LogP contribution in [0.1, 0.15) is 47.0 Å². The van der Waals surface area contributed by atoms with Crippen LogP contribution in [-0.2, 0) is 0 Å². The standard InChI is InChI=1S/C17H29N/c1-9(2)17-7-15-13-6-14(12-5-11(12)13)16(15)8-18(17)10(3)4/h9-17H,5-8H2,1-4H3. The summed E-state index contributed by atoms with van der Waals surface area (Å²) in [5.41, 5.74) is 0. The van der Waals surface area contributed by atoms with Crippen molar-refractivity contribution in [2.75, 3.05) is 6.54 Å². The molecule has 0 aromatic heterocycles. The zero-order valence-electron chi connectivity index (χ0n) is 12.5. The maximum atomic E-state index is 2.85. The molecule has 1 nitrogen and oxygen atoms in total. The molecular weight excluding hydrogens is 218 g/mol. The van der Waals surface area contributed by atoms with E-state index in [-0.39, 0.29) is 0 Å². The molecule has 0 spiro atoms. The van der Waals surface area contributed by atoms with Gasteiger partial charge in [0.25, 0.3) is 0 Å². The molecule has 0 amide bonds. The Morgan fingerprint density at radius 3 is 1.72 bits per heavy atom. The maximum absolute atomic E-state index is 2.85. The minimum Gasteiger partial charge on any atom is -0.297 e. The lowest BCUT2D eigenvalue weighted by molar-refractivity contribution is -0.00746.